The van der Waals surface area contributed by atoms with Crippen LogP contribution in [0.4, 0.5) is 5.69 Å². The molecule has 3 aromatic carbocycles. The van der Waals surface area contributed by atoms with Crippen LogP contribution in [0.1, 0.15) is 18.1 Å². The van der Waals surface area contributed by atoms with E-state index in [0.717, 1.165) is 15.4 Å². The minimum atomic E-state index is -3.99. The molecular formula is C25H28N2O4S. The molecule has 3 rings (SSSR count). The largest absolute Gasteiger partial charge is 0.492 e. The van der Waals surface area contributed by atoms with Gasteiger partial charge in [0.15, 0.2) is 0 Å². The van der Waals surface area contributed by atoms with Crippen molar-refractivity contribution >= 4 is 21.6 Å². The average molecular weight is 453 g/mol. The van der Waals surface area contributed by atoms with Crippen molar-refractivity contribution in [2.45, 2.75) is 25.2 Å². The summed E-state index contributed by atoms with van der Waals surface area (Å²) >= 11 is 0. The summed E-state index contributed by atoms with van der Waals surface area (Å²) < 4.78 is 33.8. The number of hydrogen-bond donors (Lipinski definition) is 1. The molecule has 0 saturated carbocycles. The first-order valence-electron chi connectivity index (χ1n) is 10.5. The smallest absolute Gasteiger partial charge is 0.264 e. The highest BCUT2D eigenvalue weighted by Gasteiger charge is 2.29. The van der Waals surface area contributed by atoms with Crippen LogP contribution >= 0.6 is 0 Å². The number of rotatable bonds is 10. The van der Waals surface area contributed by atoms with Crippen LogP contribution in [0, 0.1) is 6.92 Å². The maximum absolute atomic E-state index is 13.5. The number of sulfonamides is 1. The molecule has 0 radical (unpaired) electrons. The molecule has 0 bridgehead atoms. The van der Waals surface area contributed by atoms with Crippen molar-refractivity contribution in [3.05, 3.63) is 90.0 Å². The number of ether oxygens (including phenoxy) is 1. The Bertz CT molecular complexity index is 1130. The molecule has 1 N–H and O–H groups in total. The van der Waals surface area contributed by atoms with Crippen molar-refractivity contribution < 1.29 is 17.9 Å². The van der Waals surface area contributed by atoms with Crippen LogP contribution in [0.2, 0.25) is 0 Å². The molecular weight excluding hydrogens is 424 g/mol. The number of para-hydroxylation sites is 2. The van der Waals surface area contributed by atoms with Gasteiger partial charge >= 0.3 is 0 Å². The number of nitrogens with zero attached hydrogens (tertiary/aromatic N) is 1. The molecule has 0 atom stereocenters. The summed E-state index contributed by atoms with van der Waals surface area (Å²) in [4.78, 5) is 12.9. The van der Waals surface area contributed by atoms with Gasteiger partial charge in [-0.2, -0.15) is 0 Å². The van der Waals surface area contributed by atoms with Gasteiger partial charge in [-0.05, 0) is 50.1 Å². The Kier molecular flexibility index (Phi) is 7.89. The summed E-state index contributed by atoms with van der Waals surface area (Å²) in [7, 11) is -3.99. The van der Waals surface area contributed by atoms with Gasteiger partial charge in [0.05, 0.1) is 17.2 Å². The first-order valence-corrected chi connectivity index (χ1v) is 12.0. The van der Waals surface area contributed by atoms with E-state index >= 15 is 0 Å². The summed E-state index contributed by atoms with van der Waals surface area (Å²) in [5, 5.41) is 2.83. The highest BCUT2D eigenvalue weighted by atomic mass is 32.2. The molecule has 0 spiro atoms. The van der Waals surface area contributed by atoms with Crippen molar-refractivity contribution in [2.24, 2.45) is 0 Å². The number of anilines is 1. The number of carbonyl (C=O) groups is 1. The molecule has 0 aliphatic rings. The van der Waals surface area contributed by atoms with Gasteiger partial charge in [0, 0.05) is 6.54 Å². The number of aryl methyl sites for hydroxylation is 1. The number of amides is 1. The molecule has 168 valence electrons. The van der Waals surface area contributed by atoms with E-state index < -0.39 is 10.0 Å². The summed E-state index contributed by atoms with van der Waals surface area (Å²) in [6.45, 7) is 4.15. The molecule has 1 amide bonds. The van der Waals surface area contributed by atoms with Crippen LogP contribution in [0.3, 0.4) is 0 Å². The fourth-order valence-corrected chi connectivity index (χ4v) is 4.69. The third kappa shape index (κ3) is 5.88. The molecule has 3 aromatic rings. The van der Waals surface area contributed by atoms with Crippen LogP contribution in [0.25, 0.3) is 0 Å². The number of hydrogen-bond acceptors (Lipinski definition) is 4. The van der Waals surface area contributed by atoms with E-state index in [9.17, 15) is 13.2 Å². The summed E-state index contributed by atoms with van der Waals surface area (Å²) in [6.07, 6.45) is 0.660. The van der Waals surface area contributed by atoms with Gasteiger partial charge in [0.1, 0.15) is 12.3 Å². The lowest BCUT2D eigenvalue weighted by molar-refractivity contribution is -0.119. The van der Waals surface area contributed by atoms with E-state index in [1.165, 1.54) is 0 Å². The molecule has 7 heteroatoms. The van der Waals surface area contributed by atoms with E-state index in [1.807, 2.05) is 44.2 Å². The van der Waals surface area contributed by atoms with E-state index in [2.05, 4.69) is 5.32 Å². The lowest BCUT2D eigenvalue weighted by Crippen LogP contribution is -2.41. The molecule has 0 unspecified atom stereocenters. The lowest BCUT2D eigenvalue weighted by Gasteiger charge is -2.26. The van der Waals surface area contributed by atoms with Crippen LogP contribution in [-0.2, 0) is 21.2 Å². The minimum absolute atomic E-state index is 0.117. The van der Waals surface area contributed by atoms with E-state index in [4.69, 9.17) is 4.74 Å². The number of nitrogens with one attached hydrogen (secondary N) is 1. The van der Waals surface area contributed by atoms with Crippen LogP contribution in [0.15, 0.2) is 83.8 Å². The second-order valence-corrected chi connectivity index (χ2v) is 9.17. The molecule has 0 heterocycles. The fourth-order valence-electron chi connectivity index (χ4n) is 3.26. The van der Waals surface area contributed by atoms with Gasteiger partial charge in [-0.25, -0.2) is 8.42 Å². The summed E-state index contributed by atoms with van der Waals surface area (Å²) in [5.74, 6) is 0.0192. The van der Waals surface area contributed by atoms with Crippen molar-refractivity contribution in [1.29, 1.82) is 0 Å². The third-order valence-corrected chi connectivity index (χ3v) is 6.68. The van der Waals surface area contributed by atoms with E-state index in [0.29, 0.717) is 31.0 Å². The van der Waals surface area contributed by atoms with Crippen LogP contribution in [0.5, 0.6) is 5.75 Å². The Morgan fingerprint density at radius 2 is 1.59 bits per heavy atom. The Labute approximate surface area is 189 Å². The Balaban J connectivity index is 1.85. The van der Waals surface area contributed by atoms with Crippen molar-refractivity contribution in [2.75, 3.05) is 24.0 Å². The SMILES string of the molecule is CCOc1ccccc1N(CC(=O)NCCc1ccccc1)S(=O)(=O)c1ccc(C)cc1. The second-order valence-electron chi connectivity index (χ2n) is 7.31. The molecule has 0 aliphatic heterocycles. The van der Waals surface area contributed by atoms with Crippen LogP contribution in [-0.4, -0.2) is 34.0 Å². The Morgan fingerprint density at radius 1 is 0.938 bits per heavy atom. The molecule has 0 aromatic heterocycles. The molecule has 6 nitrogen and oxygen atoms in total. The summed E-state index contributed by atoms with van der Waals surface area (Å²) in [6, 6.07) is 23.2. The molecule has 32 heavy (non-hydrogen) atoms. The maximum Gasteiger partial charge on any atom is 0.264 e. The zero-order valence-electron chi connectivity index (χ0n) is 18.3. The van der Waals surface area contributed by atoms with Crippen LogP contribution < -0.4 is 14.4 Å². The quantitative estimate of drug-likeness (QED) is 0.505. The zero-order chi connectivity index (χ0) is 23.0. The van der Waals surface area contributed by atoms with Crippen molar-refractivity contribution in [1.82, 2.24) is 5.32 Å². The zero-order valence-corrected chi connectivity index (χ0v) is 19.1. The van der Waals surface area contributed by atoms with Gasteiger partial charge in [-0.3, -0.25) is 9.10 Å². The fraction of sp³-hybridized carbons (Fsp3) is 0.240. The highest BCUT2D eigenvalue weighted by Crippen LogP contribution is 2.32. The van der Waals surface area contributed by atoms with Gasteiger partial charge in [0.2, 0.25) is 5.91 Å². The highest BCUT2D eigenvalue weighted by molar-refractivity contribution is 7.92. The molecule has 0 fully saturated rings. The third-order valence-electron chi connectivity index (χ3n) is 4.91. The van der Waals surface area contributed by atoms with E-state index in [1.54, 1.807) is 48.5 Å². The maximum atomic E-state index is 13.5. The minimum Gasteiger partial charge on any atom is -0.492 e. The van der Waals surface area contributed by atoms with Gasteiger partial charge in [0.25, 0.3) is 10.0 Å². The van der Waals surface area contributed by atoms with Gasteiger partial charge < -0.3 is 10.1 Å². The average Bonchev–Trinajstić information content (AvgIpc) is 2.79. The number of benzene rings is 3. The first kappa shape index (κ1) is 23.3. The van der Waals surface area contributed by atoms with Gasteiger partial charge in [-0.1, -0.05) is 60.2 Å². The molecule has 0 aliphatic carbocycles. The van der Waals surface area contributed by atoms with E-state index in [-0.39, 0.29) is 17.3 Å². The standard InChI is InChI=1S/C25H28N2O4S/c1-3-31-24-12-8-7-11-23(24)27(32(29,30)22-15-13-20(2)14-16-22)19-25(28)26-18-17-21-9-5-4-6-10-21/h4-16H,3,17-19H2,1-2H3,(H,26,28). The summed E-state index contributed by atoms with van der Waals surface area (Å²) in [5.41, 5.74) is 2.37. The predicted octanol–water partition coefficient (Wildman–Crippen LogP) is 3.95. The first-order chi connectivity index (χ1) is 15.4. The van der Waals surface area contributed by atoms with Crippen molar-refractivity contribution in [3.8, 4) is 5.75 Å². The van der Waals surface area contributed by atoms with Gasteiger partial charge in [-0.15, -0.1) is 0 Å². The Morgan fingerprint density at radius 3 is 2.28 bits per heavy atom. The Hall–Kier alpha value is -3.32. The predicted molar refractivity (Wildman–Crippen MR) is 126 cm³/mol. The topological polar surface area (TPSA) is 75.7 Å². The monoisotopic (exact) mass is 452 g/mol. The number of carbonyl (C=O) groups excluding carboxylic acids is 1. The molecule has 0 saturated heterocycles. The second kappa shape index (κ2) is 10.8. The lowest BCUT2D eigenvalue weighted by atomic mass is 10.1. The normalized spacial score (nSPS) is 11.1. The van der Waals surface area contributed by atoms with Crippen molar-refractivity contribution in [3.63, 3.8) is 0 Å².